The molecular weight excluding hydrogens is 402 g/mol. The molecule has 2 heterocycles. The molecule has 0 saturated carbocycles. The van der Waals surface area contributed by atoms with Gasteiger partial charge in [0.05, 0.1) is 24.9 Å². The highest BCUT2D eigenvalue weighted by Crippen LogP contribution is 2.18. The largest absolute Gasteiger partial charge is 0.492 e. The molecule has 1 aromatic carbocycles. The van der Waals surface area contributed by atoms with Crippen LogP contribution in [-0.4, -0.2) is 41.9 Å². The first-order valence-corrected chi connectivity index (χ1v) is 9.68. The highest BCUT2D eigenvalue weighted by atomic mass is 35.5. The number of benzene rings is 1. The lowest BCUT2D eigenvalue weighted by Crippen LogP contribution is -2.32. The number of rotatable bonds is 8. The number of furan rings is 1. The van der Waals surface area contributed by atoms with Crippen LogP contribution in [0.15, 0.2) is 52.5 Å². The second-order valence-electron chi connectivity index (χ2n) is 5.87. The average molecular weight is 420 g/mol. The van der Waals surface area contributed by atoms with Crippen LogP contribution in [-0.2, 0) is 11.2 Å². The van der Waals surface area contributed by atoms with Crippen molar-refractivity contribution >= 4 is 39.9 Å². The number of anilines is 1. The van der Waals surface area contributed by atoms with Crippen LogP contribution < -0.4 is 10.1 Å². The number of thiazole rings is 1. The minimum Gasteiger partial charge on any atom is -0.492 e. The van der Waals surface area contributed by atoms with Crippen molar-refractivity contribution in [1.82, 2.24) is 9.88 Å². The third-order valence-corrected chi connectivity index (χ3v) is 4.81. The quantitative estimate of drug-likeness (QED) is 0.601. The Hall–Kier alpha value is -2.84. The van der Waals surface area contributed by atoms with Gasteiger partial charge in [0.2, 0.25) is 5.91 Å². The number of halogens is 1. The number of ether oxygens (including phenoxy) is 1. The molecular formula is C19H18ClN3O4S. The maximum absolute atomic E-state index is 12.3. The highest BCUT2D eigenvalue weighted by Gasteiger charge is 2.15. The summed E-state index contributed by atoms with van der Waals surface area (Å²) in [5, 5.41) is 5.40. The van der Waals surface area contributed by atoms with E-state index in [0.717, 1.165) is 0 Å². The summed E-state index contributed by atoms with van der Waals surface area (Å²) < 4.78 is 10.6. The molecule has 0 aliphatic rings. The zero-order valence-electron chi connectivity index (χ0n) is 15.1. The smallest absolute Gasteiger partial charge is 0.293 e. The molecule has 0 atom stereocenters. The SMILES string of the molecule is CN(CCOc1cccc(Cl)c1)C(=O)Cc1csc(NC(=O)c2ccco2)n1. The molecule has 0 saturated heterocycles. The summed E-state index contributed by atoms with van der Waals surface area (Å²) >= 11 is 7.16. The van der Waals surface area contributed by atoms with Gasteiger partial charge in [0, 0.05) is 17.5 Å². The van der Waals surface area contributed by atoms with Crippen molar-refractivity contribution in [1.29, 1.82) is 0 Å². The molecule has 0 fully saturated rings. The van der Waals surface area contributed by atoms with Crippen molar-refractivity contribution in [3.63, 3.8) is 0 Å². The number of likely N-dealkylation sites (N-methyl/N-ethyl adjacent to an activating group) is 1. The molecule has 3 aromatic rings. The van der Waals surface area contributed by atoms with Crippen molar-refractivity contribution < 1.29 is 18.7 Å². The van der Waals surface area contributed by atoms with Crippen LogP contribution in [0.5, 0.6) is 5.75 Å². The van der Waals surface area contributed by atoms with Crippen LogP contribution in [0.1, 0.15) is 16.2 Å². The number of nitrogens with zero attached hydrogens (tertiary/aromatic N) is 2. The lowest BCUT2D eigenvalue weighted by Gasteiger charge is -2.17. The second-order valence-corrected chi connectivity index (χ2v) is 7.17. The van der Waals surface area contributed by atoms with E-state index in [4.69, 9.17) is 20.8 Å². The first-order valence-electron chi connectivity index (χ1n) is 8.43. The Bertz CT molecular complexity index is 942. The fraction of sp³-hybridized carbons (Fsp3) is 0.211. The maximum atomic E-state index is 12.3. The topological polar surface area (TPSA) is 84.7 Å². The van der Waals surface area contributed by atoms with E-state index in [1.165, 1.54) is 17.6 Å². The Balaban J connectivity index is 1.45. The van der Waals surface area contributed by atoms with Gasteiger partial charge in [0.1, 0.15) is 12.4 Å². The minimum atomic E-state index is -0.382. The third kappa shape index (κ3) is 5.58. The van der Waals surface area contributed by atoms with Gasteiger partial charge in [0.25, 0.3) is 5.91 Å². The van der Waals surface area contributed by atoms with E-state index in [1.807, 2.05) is 6.07 Å². The van der Waals surface area contributed by atoms with E-state index in [1.54, 1.807) is 47.7 Å². The Morgan fingerprint density at radius 1 is 1.32 bits per heavy atom. The van der Waals surface area contributed by atoms with Crippen LogP contribution in [0.2, 0.25) is 5.02 Å². The van der Waals surface area contributed by atoms with E-state index >= 15 is 0 Å². The minimum absolute atomic E-state index is 0.0936. The van der Waals surface area contributed by atoms with Crippen LogP contribution in [0.25, 0.3) is 0 Å². The summed E-state index contributed by atoms with van der Waals surface area (Å²) in [5.41, 5.74) is 0.590. The summed E-state index contributed by atoms with van der Waals surface area (Å²) in [6.07, 6.45) is 1.56. The highest BCUT2D eigenvalue weighted by molar-refractivity contribution is 7.14. The van der Waals surface area contributed by atoms with E-state index in [2.05, 4.69) is 10.3 Å². The molecule has 0 unspecified atom stereocenters. The number of hydrogen-bond donors (Lipinski definition) is 1. The summed E-state index contributed by atoms with van der Waals surface area (Å²) in [5.74, 6) is 0.383. The molecule has 0 radical (unpaired) electrons. The summed E-state index contributed by atoms with van der Waals surface area (Å²) in [6, 6.07) is 10.3. The molecule has 0 bridgehead atoms. The van der Waals surface area contributed by atoms with Gasteiger partial charge in [-0.15, -0.1) is 11.3 Å². The molecule has 7 nitrogen and oxygen atoms in total. The van der Waals surface area contributed by atoms with E-state index in [9.17, 15) is 9.59 Å². The van der Waals surface area contributed by atoms with Gasteiger partial charge in [-0.3, -0.25) is 14.9 Å². The molecule has 0 aliphatic heterocycles. The Morgan fingerprint density at radius 3 is 2.93 bits per heavy atom. The summed E-state index contributed by atoms with van der Waals surface area (Å²) in [7, 11) is 1.70. The molecule has 1 N–H and O–H groups in total. The lowest BCUT2D eigenvalue weighted by molar-refractivity contribution is -0.129. The van der Waals surface area contributed by atoms with Gasteiger partial charge in [-0.1, -0.05) is 17.7 Å². The van der Waals surface area contributed by atoms with Crippen molar-refractivity contribution in [2.45, 2.75) is 6.42 Å². The van der Waals surface area contributed by atoms with E-state index in [-0.39, 0.29) is 24.0 Å². The standard InChI is InChI=1S/C19H18ClN3O4S/c1-23(7-9-26-15-5-2-4-13(20)10-15)17(24)11-14-12-28-19(21-14)22-18(25)16-6-3-8-27-16/h2-6,8,10,12H,7,9,11H2,1H3,(H,21,22,25). The monoisotopic (exact) mass is 419 g/mol. The first-order chi connectivity index (χ1) is 13.5. The molecule has 0 spiro atoms. The van der Waals surface area contributed by atoms with Gasteiger partial charge < -0.3 is 14.1 Å². The van der Waals surface area contributed by atoms with E-state index in [0.29, 0.717) is 34.7 Å². The van der Waals surface area contributed by atoms with Crippen molar-refractivity contribution in [2.24, 2.45) is 0 Å². The van der Waals surface area contributed by atoms with Crippen molar-refractivity contribution in [3.8, 4) is 5.75 Å². The third-order valence-electron chi connectivity index (χ3n) is 3.77. The average Bonchev–Trinajstić information content (AvgIpc) is 3.34. The number of nitrogens with one attached hydrogen (secondary N) is 1. The molecule has 9 heteroatoms. The molecule has 0 aliphatic carbocycles. The Kier molecular flexibility index (Phi) is 6.67. The van der Waals surface area contributed by atoms with Crippen molar-refractivity contribution in [2.75, 3.05) is 25.5 Å². The maximum Gasteiger partial charge on any atom is 0.293 e. The summed E-state index contributed by atoms with van der Waals surface area (Å²) in [4.78, 5) is 30.1. The van der Waals surface area contributed by atoms with Crippen LogP contribution in [0.4, 0.5) is 5.13 Å². The predicted octanol–water partition coefficient (Wildman–Crippen LogP) is 3.72. The number of hydrogen-bond acceptors (Lipinski definition) is 6. The molecule has 146 valence electrons. The first kappa shape index (κ1) is 19.9. The van der Waals surface area contributed by atoms with Crippen molar-refractivity contribution in [3.05, 3.63) is 64.5 Å². The molecule has 3 rings (SSSR count). The van der Waals surface area contributed by atoms with Crippen LogP contribution in [0, 0.1) is 0 Å². The Labute approximate surface area is 170 Å². The molecule has 28 heavy (non-hydrogen) atoms. The number of carbonyl (C=O) groups excluding carboxylic acids is 2. The van der Waals surface area contributed by atoms with Gasteiger partial charge in [0.15, 0.2) is 10.9 Å². The number of aromatic nitrogens is 1. The van der Waals surface area contributed by atoms with Crippen LogP contribution in [0.3, 0.4) is 0 Å². The van der Waals surface area contributed by atoms with Crippen LogP contribution >= 0.6 is 22.9 Å². The van der Waals surface area contributed by atoms with Gasteiger partial charge in [-0.25, -0.2) is 4.98 Å². The van der Waals surface area contributed by atoms with E-state index < -0.39 is 0 Å². The molecule has 2 aromatic heterocycles. The van der Waals surface area contributed by atoms with Gasteiger partial charge in [-0.2, -0.15) is 0 Å². The second kappa shape index (κ2) is 9.38. The zero-order chi connectivity index (χ0) is 19.9. The number of carbonyl (C=O) groups is 2. The fourth-order valence-electron chi connectivity index (χ4n) is 2.28. The lowest BCUT2D eigenvalue weighted by atomic mass is 10.3. The Morgan fingerprint density at radius 2 is 2.18 bits per heavy atom. The molecule has 2 amide bonds. The zero-order valence-corrected chi connectivity index (χ0v) is 16.6. The summed E-state index contributed by atoms with van der Waals surface area (Å²) in [6.45, 7) is 0.779. The number of amides is 2. The predicted molar refractivity (Wildman–Crippen MR) is 107 cm³/mol. The van der Waals surface area contributed by atoms with Gasteiger partial charge >= 0.3 is 0 Å². The van der Waals surface area contributed by atoms with Gasteiger partial charge in [-0.05, 0) is 30.3 Å². The normalized spacial score (nSPS) is 10.5. The fourth-order valence-corrected chi connectivity index (χ4v) is 3.17.